The Hall–Kier alpha value is -5.06. The highest BCUT2D eigenvalue weighted by molar-refractivity contribution is 6.06. The lowest BCUT2D eigenvalue weighted by Gasteiger charge is -2.39. The molecule has 0 unspecified atom stereocenters. The zero-order chi connectivity index (χ0) is 41.1. The minimum absolute atomic E-state index is 0.136. The van der Waals surface area contributed by atoms with Gasteiger partial charge in [-0.3, -0.25) is 9.59 Å². The Kier molecular flexibility index (Phi) is 14.5. The monoisotopic (exact) mass is 799 g/mol. The van der Waals surface area contributed by atoms with Crippen LogP contribution in [0.25, 0.3) is 0 Å². The molecule has 2 aliphatic carbocycles. The van der Waals surface area contributed by atoms with Gasteiger partial charge in [-0.1, -0.05) is 43.5 Å². The van der Waals surface area contributed by atoms with Gasteiger partial charge in [0.2, 0.25) is 0 Å². The van der Waals surface area contributed by atoms with E-state index in [9.17, 15) is 9.59 Å². The first kappa shape index (κ1) is 42.1. The Morgan fingerprint density at radius 2 is 0.898 bits per heavy atom. The quantitative estimate of drug-likeness (QED) is 0.105. The fourth-order valence-electron chi connectivity index (χ4n) is 9.11. The Morgan fingerprint density at radius 1 is 0.525 bits per heavy atom. The Labute approximate surface area is 352 Å². The second-order valence-corrected chi connectivity index (χ2v) is 17.4. The number of piperidine rings is 2. The molecule has 4 aromatic rings. The fraction of sp³-hybridized carbons (Fsp3) is 0.469. The first-order chi connectivity index (χ1) is 28.7. The minimum atomic E-state index is -0.138. The number of likely N-dealkylation sites (tertiary alicyclic amines) is 2. The number of carbonyl (C=O) groups is 2. The number of anilines is 6. The fourth-order valence-corrected chi connectivity index (χ4v) is 9.11. The van der Waals surface area contributed by atoms with Crippen LogP contribution >= 0.6 is 0 Å². The van der Waals surface area contributed by atoms with Gasteiger partial charge in [0.1, 0.15) is 0 Å². The number of hydrogen-bond acceptors (Lipinski definition) is 8. The molecule has 0 atom stereocenters. The molecule has 2 saturated carbocycles. The van der Waals surface area contributed by atoms with Crippen LogP contribution in [0.15, 0.2) is 97.1 Å². The summed E-state index contributed by atoms with van der Waals surface area (Å²) in [5.74, 6) is 1.62. The molecule has 10 nitrogen and oxygen atoms in total. The third-order valence-corrected chi connectivity index (χ3v) is 13.2. The highest BCUT2D eigenvalue weighted by atomic mass is 16.2. The zero-order valence-electron chi connectivity index (χ0n) is 35.3. The maximum absolute atomic E-state index is 12.6. The topological polar surface area (TPSA) is 123 Å². The number of nitrogens with two attached hydrogens (primary N) is 2. The molecule has 2 aliphatic heterocycles. The van der Waals surface area contributed by atoms with E-state index in [1.807, 2.05) is 72.8 Å². The smallest absolute Gasteiger partial charge is 0.255 e. The van der Waals surface area contributed by atoms with Crippen molar-refractivity contribution in [2.45, 2.75) is 82.7 Å². The molecule has 4 aromatic carbocycles. The van der Waals surface area contributed by atoms with Gasteiger partial charge in [-0.25, -0.2) is 0 Å². The zero-order valence-corrected chi connectivity index (χ0v) is 35.3. The molecule has 0 bridgehead atoms. The van der Waals surface area contributed by atoms with Crippen LogP contribution in [0.2, 0.25) is 0 Å². The van der Waals surface area contributed by atoms with E-state index in [2.05, 4.69) is 56.5 Å². The number of nitrogen functional groups attached to an aromatic ring is 2. The van der Waals surface area contributed by atoms with Crippen LogP contribution in [-0.2, 0) is 0 Å². The van der Waals surface area contributed by atoms with Gasteiger partial charge in [0, 0.05) is 87.9 Å². The average molecular weight is 799 g/mol. The highest BCUT2D eigenvalue weighted by Gasteiger charge is 2.29. The van der Waals surface area contributed by atoms with Gasteiger partial charge in [-0.15, -0.1) is 0 Å². The van der Waals surface area contributed by atoms with Crippen molar-refractivity contribution in [3.05, 3.63) is 108 Å². The van der Waals surface area contributed by atoms with Crippen molar-refractivity contribution in [3.63, 3.8) is 0 Å². The third kappa shape index (κ3) is 11.8. The van der Waals surface area contributed by atoms with E-state index in [-0.39, 0.29) is 11.8 Å². The normalized spacial score (nSPS) is 18.3. The number of nitrogens with one attached hydrogen (secondary N) is 2. The first-order valence-corrected chi connectivity index (χ1v) is 22.1. The van der Waals surface area contributed by atoms with E-state index in [0.29, 0.717) is 46.0 Å². The molecule has 314 valence electrons. The molecule has 4 aliphatic rings. The maximum atomic E-state index is 12.6. The van der Waals surface area contributed by atoms with Crippen molar-refractivity contribution >= 4 is 45.9 Å². The van der Waals surface area contributed by atoms with Gasteiger partial charge in [0.05, 0.1) is 22.7 Å². The standard InChI is InChI=1S/C26H36N4O.C23H30N4O/c1-29(23-15-17-30(18-16-23)19-20-7-3-2-4-8-20)22-13-11-21(12-14-22)26(31)28-25-10-6-5-9-24(25)27;1-26(20-12-14-27(15-13-20)16-17-6-7-17)19-10-8-18(9-11-19)23(28)25-22-5-3-2-4-21(22)24/h5-6,9-14,20,23H,2-4,7-8,15-19,27H2,1H3,(H,28,31);2-5,8-11,17,20H,6-7,12-16,24H2,1H3,(H,25,28). The lowest BCUT2D eigenvalue weighted by molar-refractivity contribution is 0.101. The first-order valence-electron chi connectivity index (χ1n) is 22.1. The van der Waals surface area contributed by atoms with Crippen LogP contribution in [0.1, 0.15) is 91.3 Å². The largest absolute Gasteiger partial charge is 0.397 e. The predicted molar refractivity (Wildman–Crippen MR) is 246 cm³/mol. The molecule has 59 heavy (non-hydrogen) atoms. The summed E-state index contributed by atoms with van der Waals surface area (Å²) >= 11 is 0. The summed E-state index contributed by atoms with van der Waals surface area (Å²) in [6, 6.07) is 31.5. The summed E-state index contributed by atoms with van der Waals surface area (Å²) in [7, 11) is 4.35. The van der Waals surface area contributed by atoms with Crippen molar-refractivity contribution in [2.75, 3.05) is 85.3 Å². The number of carbonyl (C=O) groups excluding carboxylic acids is 2. The highest BCUT2D eigenvalue weighted by Crippen LogP contribution is 2.32. The molecule has 4 fully saturated rings. The second-order valence-electron chi connectivity index (χ2n) is 17.4. The van der Waals surface area contributed by atoms with Gasteiger partial charge in [0.15, 0.2) is 0 Å². The number of rotatable bonds is 12. The molecule has 2 saturated heterocycles. The number of para-hydroxylation sites is 4. The maximum Gasteiger partial charge on any atom is 0.255 e. The van der Waals surface area contributed by atoms with Gasteiger partial charge in [0.25, 0.3) is 11.8 Å². The van der Waals surface area contributed by atoms with Crippen LogP contribution in [0.5, 0.6) is 0 Å². The summed E-state index contributed by atoms with van der Waals surface area (Å²) < 4.78 is 0. The van der Waals surface area contributed by atoms with Crippen LogP contribution in [-0.4, -0.2) is 87.1 Å². The Bertz CT molecular complexity index is 1940. The molecule has 2 amide bonds. The molecular formula is C49H66N8O2. The average Bonchev–Trinajstić information content (AvgIpc) is 4.10. The van der Waals surface area contributed by atoms with Crippen LogP contribution < -0.4 is 31.9 Å². The van der Waals surface area contributed by atoms with Crippen LogP contribution in [0.4, 0.5) is 34.1 Å². The van der Waals surface area contributed by atoms with Crippen molar-refractivity contribution in [1.29, 1.82) is 0 Å². The lowest BCUT2D eigenvalue weighted by atomic mass is 9.88. The van der Waals surface area contributed by atoms with E-state index in [4.69, 9.17) is 11.5 Å². The molecule has 8 rings (SSSR count). The minimum Gasteiger partial charge on any atom is -0.397 e. The molecule has 0 spiro atoms. The number of amides is 2. The molecule has 10 heteroatoms. The lowest BCUT2D eigenvalue weighted by Crippen LogP contribution is -2.45. The molecule has 2 heterocycles. The number of nitrogens with zero attached hydrogens (tertiary/aromatic N) is 4. The summed E-state index contributed by atoms with van der Waals surface area (Å²) in [6.45, 7) is 7.39. The molecule has 6 N–H and O–H groups in total. The third-order valence-electron chi connectivity index (χ3n) is 13.2. The summed E-state index contributed by atoms with van der Waals surface area (Å²) in [5, 5.41) is 5.77. The summed E-state index contributed by atoms with van der Waals surface area (Å²) in [5.41, 5.74) is 17.9. The van der Waals surface area contributed by atoms with Crippen molar-refractivity contribution in [2.24, 2.45) is 11.8 Å². The Morgan fingerprint density at radius 3 is 1.27 bits per heavy atom. The number of benzene rings is 4. The van der Waals surface area contributed by atoms with Crippen molar-refractivity contribution in [3.8, 4) is 0 Å². The molecule has 0 aromatic heterocycles. The van der Waals surface area contributed by atoms with Gasteiger partial charge in [-0.2, -0.15) is 0 Å². The number of hydrogen-bond donors (Lipinski definition) is 4. The second kappa shape index (κ2) is 20.3. The van der Waals surface area contributed by atoms with E-state index in [0.717, 1.165) is 17.5 Å². The Balaban J connectivity index is 0.000000180. The molecule has 0 radical (unpaired) electrons. The summed E-state index contributed by atoms with van der Waals surface area (Å²) in [6.07, 6.45) is 14.8. The van der Waals surface area contributed by atoms with Crippen molar-refractivity contribution < 1.29 is 9.59 Å². The van der Waals surface area contributed by atoms with Gasteiger partial charge >= 0.3 is 0 Å². The van der Waals surface area contributed by atoms with Crippen molar-refractivity contribution in [1.82, 2.24) is 9.80 Å². The molecular weight excluding hydrogens is 733 g/mol. The predicted octanol–water partition coefficient (Wildman–Crippen LogP) is 8.83. The van der Waals surface area contributed by atoms with E-state index >= 15 is 0 Å². The van der Waals surface area contributed by atoms with Gasteiger partial charge < -0.3 is 41.7 Å². The SMILES string of the molecule is CN(c1ccc(C(=O)Nc2ccccc2N)cc1)C1CCN(CC2CC2)CC1.CN(c1ccc(C(=O)Nc2ccccc2N)cc1)C1CCN(CC2CCCCC2)CC1. The van der Waals surface area contributed by atoms with E-state index < -0.39 is 0 Å². The van der Waals surface area contributed by atoms with Gasteiger partial charge in [-0.05, 0) is 136 Å². The summed E-state index contributed by atoms with van der Waals surface area (Å²) in [4.78, 5) is 35.1. The van der Waals surface area contributed by atoms with Crippen LogP contribution in [0.3, 0.4) is 0 Å². The van der Waals surface area contributed by atoms with Crippen LogP contribution in [0, 0.1) is 11.8 Å². The van der Waals surface area contributed by atoms with E-state index in [1.54, 1.807) is 12.1 Å². The van der Waals surface area contributed by atoms with E-state index in [1.165, 1.54) is 116 Å².